The summed E-state index contributed by atoms with van der Waals surface area (Å²) in [5.41, 5.74) is 0. The Morgan fingerprint density at radius 1 is 1.13 bits per heavy atom. The van der Waals surface area contributed by atoms with Gasteiger partial charge in [-0.25, -0.2) is 4.12 Å². The Balaban J connectivity index is 2.95. The lowest BCUT2D eigenvalue weighted by Crippen LogP contribution is -2.66. The maximum absolute atomic E-state index is 10.4. The zero-order valence-corrected chi connectivity index (χ0v) is 10.4. The van der Waals surface area contributed by atoms with E-state index in [-0.39, 0.29) is 0 Å². The average molecular weight is 273 g/mol. The summed E-state index contributed by atoms with van der Waals surface area (Å²) < 4.78 is 9.37. The highest BCUT2D eigenvalue weighted by molar-refractivity contribution is 6.68. The van der Waals surface area contributed by atoms with E-state index in [1.807, 2.05) is 0 Å². The molecule has 12 nitrogen and oxygen atoms in total. The molecule has 0 aliphatic carbocycles. The fraction of sp³-hybridized carbons (Fsp3) is 0. The van der Waals surface area contributed by atoms with Crippen molar-refractivity contribution in [2.45, 2.75) is 0 Å². The van der Waals surface area contributed by atoms with Gasteiger partial charge in [-0.15, -0.1) is 0 Å². The third kappa shape index (κ3) is 2.05. The van der Waals surface area contributed by atoms with Crippen molar-refractivity contribution in [1.29, 1.82) is 0 Å². The van der Waals surface area contributed by atoms with E-state index in [2.05, 4.69) is 12.3 Å². The molecule has 0 radical (unpaired) electrons. The highest BCUT2D eigenvalue weighted by Crippen LogP contribution is 2.15. The molecule has 0 amide bonds. The number of nitrogens with zero attached hydrogens (tertiary/aromatic N) is 3. The molecule has 0 spiro atoms. The van der Waals surface area contributed by atoms with Crippen LogP contribution in [0.2, 0.25) is 0 Å². The largest absolute Gasteiger partial charge is 1.14 e. The molecular weight excluding hydrogens is 270 g/mol. The van der Waals surface area contributed by atoms with Crippen LogP contribution in [0, 0.1) is 30.3 Å². The minimum Gasteiger partial charge on any atom is -0.365 e. The van der Waals surface area contributed by atoms with Crippen LogP contribution in [0.4, 0.5) is 0 Å². The summed E-state index contributed by atoms with van der Waals surface area (Å²) in [5, 5.41) is 31.1. The van der Waals surface area contributed by atoms with Gasteiger partial charge in [-0.1, -0.05) is 0 Å². The molecule has 0 aromatic heterocycles. The van der Waals surface area contributed by atoms with Gasteiger partial charge >= 0.3 is 28.3 Å². The van der Waals surface area contributed by atoms with Crippen molar-refractivity contribution >= 4 is 28.3 Å². The Kier molecular flexibility index (Phi) is 3.21. The van der Waals surface area contributed by atoms with Crippen molar-refractivity contribution in [2.24, 2.45) is 0 Å². The van der Waals surface area contributed by atoms with E-state index in [0.29, 0.717) is 0 Å². The summed E-state index contributed by atoms with van der Waals surface area (Å²) in [4.78, 5) is 31.1. The van der Waals surface area contributed by atoms with Crippen LogP contribution in [-0.4, -0.2) is 42.1 Å². The second-order valence-electron chi connectivity index (χ2n) is 2.20. The molecule has 1 rings (SSSR count). The summed E-state index contributed by atoms with van der Waals surface area (Å²) >= 11 is 0. The van der Waals surface area contributed by atoms with E-state index >= 15 is 0 Å². The summed E-state index contributed by atoms with van der Waals surface area (Å²) in [6, 6.07) is 0. The van der Waals surface area contributed by atoms with Crippen LogP contribution in [0.15, 0.2) is 0 Å². The van der Waals surface area contributed by atoms with E-state index in [1.54, 1.807) is 0 Å². The van der Waals surface area contributed by atoms with Gasteiger partial charge in [0.2, 0.25) is 0 Å². The molecule has 1 unspecified atom stereocenters. The summed E-state index contributed by atoms with van der Waals surface area (Å²) in [6.07, 6.45) is 0. The quantitative estimate of drug-likeness (QED) is 0.297. The molecule has 0 saturated carbocycles. The van der Waals surface area contributed by atoms with Crippen LogP contribution in [0.1, 0.15) is 0 Å². The maximum atomic E-state index is 10.4. The van der Waals surface area contributed by atoms with Crippen LogP contribution in [0.25, 0.3) is 0 Å². The molecule has 0 aromatic carbocycles. The normalized spacial score (nSPS) is 26.0. The molecule has 1 heterocycles. The van der Waals surface area contributed by atoms with Gasteiger partial charge in [0.15, 0.2) is 0 Å². The molecule has 1 fully saturated rings. The lowest BCUT2D eigenvalue weighted by Gasteiger charge is -2.16. The zero-order valence-electron chi connectivity index (χ0n) is 6.80. The molecule has 0 N–H and O–H groups in total. The minimum atomic E-state index is -4.96. The van der Waals surface area contributed by atoms with Crippen molar-refractivity contribution in [2.75, 3.05) is 0 Å². The Morgan fingerprint density at radius 2 is 1.67 bits per heavy atom. The van der Waals surface area contributed by atoms with Crippen LogP contribution in [0.3, 0.4) is 0 Å². The van der Waals surface area contributed by atoms with Crippen LogP contribution >= 0.6 is 0 Å². The van der Waals surface area contributed by atoms with Crippen molar-refractivity contribution in [3.05, 3.63) is 30.3 Å². The molecule has 84 valence electrons. The van der Waals surface area contributed by atoms with E-state index in [9.17, 15) is 30.3 Å². The van der Waals surface area contributed by atoms with Gasteiger partial charge < -0.3 is 8.23 Å². The zero-order chi connectivity index (χ0) is 11.6. The van der Waals surface area contributed by atoms with Crippen molar-refractivity contribution < 1.29 is 26.1 Å². The molecular formula is H3N3O9Si3. The van der Waals surface area contributed by atoms with Crippen molar-refractivity contribution in [3.63, 3.8) is 0 Å². The predicted octanol–water partition coefficient (Wildman–Crippen LogP) is -2.97. The van der Waals surface area contributed by atoms with E-state index in [1.165, 1.54) is 0 Å². The molecule has 15 heteroatoms. The number of rotatable bonds is 3. The molecule has 1 atom stereocenters. The van der Waals surface area contributed by atoms with Gasteiger partial charge in [0, 0.05) is 0 Å². The third-order valence-electron chi connectivity index (χ3n) is 1.35. The minimum absolute atomic E-state index is 0.996. The summed E-state index contributed by atoms with van der Waals surface area (Å²) in [5.74, 6) is 0. The predicted molar refractivity (Wildman–Crippen MR) is 45.7 cm³/mol. The van der Waals surface area contributed by atoms with Crippen molar-refractivity contribution in [3.8, 4) is 0 Å². The maximum Gasteiger partial charge on any atom is 1.14 e. The van der Waals surface area contributed by atoms with Gasteiger partial charge in [-0.3, -0.25) is 30.3 Å². The van der Waals surface area contributed by atoms with Gasteiger partial charge in [0.05, 0.1) is 9.18 Å². The molecule has 15 heavy (non-hydrogen) atoms. The van der Waals surface area contributed by atoms with Crippen LogP contribution in [-0.2, 0) is 12.3 Å². The molecule has 0 bridgehead atoms. The van der Waals surface area contributed by atoms with Crippen LogP contribution in [0.5, 0.6) is 0 Å². The smallest absolute Gasteiger partial charge is 0.365 e. The second kappa shape index (κ2) is 4.08. The van der Waals surface area contributed by atoms with Gasteiger partial charge in [0.25, 0.3) is 0 Å². The van der Waals surface area contributed by atoms with Crippen LogP contribution < -0.4 is 0 Å². The highest BCUT2D eigenvalue weighted by atomic mass is 28.5. The highest BCUT2D eigenvalue weighted by Gasteiger charge is 2.85. The van der Waals surface area contributed by atoms with E-state index in [4.69, 9.17) is 0 Å². The monoisotopic (exact) mass is 273 g/mol. The Morgan fingerprint density at radius 3 is 2.07 bits per heavy atom. The first-order valence-electron chi connectivity index (χ1n) is 3.26. The summed E-state index contributed by atoms with van der Waals surface area (Å²) in [6.45, 7) is 0. The fourth-order valence-electron chi connectivity index (χ4n) is 0.730. The van der Waals surface area contributed by atoms with E-state index in [0.717, 1.165) is 0 Å². The molecule has 0 aromatic rings. The third-order valence-corrected chi connectivity index (χ3v) is 8.31. The first-order valence-corrected chi connectivity index (χ1v) is 7.58. The van der Waals surface area contributed by atoms with Gasteiger partial charge in [-0.2, -0.15) is 0 Å². The molecule has 1 saturated heterocycles. The Bertz CT molecular complexity index is 300. The lowest BCUT2D eigenvalue weighted by atomic mass is 13.3. The lowest BCUT2D eigenvalue weighted by molar-refractivity contribution is -0.539. The van der Waals surface area contributed by atoms with E-state index < -0.39 is 42.1 Å². The molecule has 1 aliphatic heterocycles. The Hall–Kier alpha value is -1.27. The number of hydrogen-bond acceptors (Lipinski definition) is 9. The second-order valence-corrected chi connectivity index (χ2v) is 8.73. The summed E-state index contributed by atoms with van der Waals surface area (Å²) in [7, 11) is -10.7. The SMILES string of the molecule is O=[N+]([O-])[SiH]1O[SiH2]O[Si]([N+](=O)[O-])([N+](=O)[O-])O1. The van der Waals surface area contributed by atoms with Crippen molar-refractivity contribution in [1.82, 2.24) is 0 Å². The first kappa shape index (κ1) is 11.8. The standard InChI is InChI=1S/H3N3O9Si3/c4-1(5)14-10-13-11-15(12-14,2(6)7)3(8)9/h14H,13H2. The Labute approximate surface area is 85.6 Å². The average Bonchev–Trinajstić information content (AvgIpc) is 2.17. The van der Waals surface area contributed by atoms with Gasteiger partial charge in [0.1, 0.15) is 0 Å². The first-order chi connectivity index (χ1) is 6.90. The fourth-order valence-corrected chi connectivity index (χ4v) is 8.01. The topological polar surface area (TPSA) is 157 Å². The number of nitro groups is 3. The number of hydrogen-bond donors (Lipinski definition) is 0. The van der Waals surface area contributed by atoms with Gasteiger partial charge in [-0.05, 0) is 4.59 Å². The molecule has 1 aliphatic rings.